The topological polar surface area (TPSA) is 42.7 Å². The Morgan fingerprint density at radius 2 is 1.96 bits per heavy atom. The highest BCUT2D eigenvalue weighted by Gasteiger charge is 2.10. The zero-order valence-corrected chi connectivity index (χ0v) is 13.1. The van der Waals surface area contributed by atoms with E-state index in [9.17, 15) is 4.79 Å². The van der Waals surface area contributed by atoms with Crippen LogP contribution in [0.2, 0.25) is 0 Å². The first-order valence-electron chi connectivity index (χ1n) is 8.02. The van der Waals surface area contributed by atoms with Gasteiger partial charge in [-0.15, -0.1) is 0 Å². The molecule has 1 saturated heterocycles. The zero-order valence-electron chi connectivity index (χ0n) is 13.1. The van der Waals surface area contributed by atoms with Gasteiger partial charge in [-0.25, -0.2) is 0 Å². The second-order valence-corrected chi connectivity index (χ2v) is 5.63. The van der Waals surface area contributed by atoms with Crippen LogP contribution in [0.5, 0.6) is 5.75 Å². The SMILES string of the molecule is O=C(/C=C/c1ccco1)c1ccc(OCCN2CCCC2)cc1. The predicted octanol–water partition coefficient (Wildman–Crippen LogP) is 3.65. The maximum Gasteiger partial charge on any atom is 0.185 e. The van der Waals surface area contributed by atoms with E-state index in [1.165, 1.54) is 32.0 Å². The molecule has 0 unspecified atom stereocenters. The highest BCUT2D eigenvalue weighted by Crippen LogP contribution is 2.14. The van der Waals surface area contributed by atoms with Gasteiger partial charge in [0.25, 0.3) is 0 Å². The van der Waals surface area contributed by atoms with Crippen molar-refractivity contribution in [3.05, 3.63) is 60.1 Å². The van der Waals surface area contributed by atoms with E-state index in [4.69, 9.17) is 9.15 Å². The molecule has 1 fully saturated rings. The fourth-order valence-electron chi connectivity index (χ4n) is 2.65. The number of benzene rings is 1. The Morgan fingerprint density at radius 1 is 1.17 bits per heavy atom. The molecule has 0 radical (unpaired) electrons. The molecular weight excluding hydrogens is 290 g/mol. The molecule has 0 N–H and O–H groups in total. The number of carbonyl (C=O) groups excluding carboxylic acids is 1. The molecule has 0 saturated carbocycles. The Labute approximate surface area is 136 Å². The van der Waals surface area contributed by atoms with Crippen molar-refractivity contribution >= 4 is 11.9 Å². The molecule has 2 aromatic rings. The van der Waals surface area contributed by atoms with Crippen LogP contribution in [0.15, 0.2) is 53.2 Å². The van der Waals surface area contributed by atoms with E-state index in [1.54, 1.807) is 36.6 Å². The lowest BCUT2D eigenvalue weighted by molar-refractivity contribution is 0.104. The maximum atomic E-state index is 12.1. The van der Waals surface area contributed by atoms with Crippen LogP contribution in [0.1, 0.15) is 29.0 Å². The van der Waals surface area contributed by atoms with E-state index in [0.29, 0.717) is 17.9 Å². The summed E-state index contributed by atoms with van der Waals surface area (Å²) in [4.78, 5) is 14.5. The van der Waals surface area contributed by atoms with Crippen molar-refractivity contribution in [2.75, 3.05) is 26.2 Å². The first kappa shape index (κ1) is 15.6. The third-order valence-electron chi connectivity index (χ3n) is 3.96. The molecule has 3 rings (SSSR count). The number of ketones is 1. The fourth-order valence-corrected chi connectivity index (χ4v) is 2.65. The van der Waals surface area contributed by atoms with Crippen molar-refractivity contribution < 1.29 is 13.9 Å². The number of ether oxygens (including phenoxy) is 1. The zero-order chi connectivity index (χ0) is 15.9. The van der Waals surface area contributed by atoms with Gasteiger partial charge in [-0.05, 0) is 74.5 Å². The molecule has 0 atom stereocenters. The molecule has 1 aromatic heterocycles. The van der Waals surface area contributed by atoms with Crippen LogP contribution in [-0.2, 0) is 0 Å². The summed E-state index contributed by atoms with van der Waals surface area (Å²) in [6, 6.07) is 10.9. The average Bonchev–Trinajstić information content (AvgIpc) is 3.27. The van der Waals surface area contributed by atoms with Crippen molar-refractivity contribution in [3.8, 4) is 5.75 Å². The lowest BCUT2D eigenvalue weighted by Gasteiger charge is -2.14. The summed E-state index contributed by atoms with van der Waals surface area (Å²) in [7, 11) is 0. The monoisotopic (exact) mass is 311 g/mol. The molecule has 2 heterocycles. The standard InChI is InChI=1S/C19H21NO3/c21-19(10-9-17-4-3-14-22-17)16-5-7-18(8-6-16)23-15-13-20-11-1-2-12-20/h3-10,14H,1-2,11-13,15H2/b10-9+. The van der Waals surface area contributed by atoms with Gasteiger partial charge in [-0.2, -0.15) is 0 Å². The summed E-state index contributed by atoms with van der Waals surface area (Å²) in [5.41, 5.74) is 0.639. The van der Waals surface area contributed by atoms with Gasteiger partial charge in [0.05, 0.1) is 6.26 Å². The average molecular weight is 311 g/mol. The van der Waals surface area contributed by atoms with E-state index in [0.717, 1.165) is 12.3 Å². The van der Waals surface area contributed by atoms with Crippen LogP contribution < -0.4 is 4.74 Å². The number of nitrogens with zero attached hydrogens (tertiary/aromatic N) is 1. The van der Waals surface area contributed by atoms with Crippen LogP contribution in [0.25, 0.3) is 6.08 Å². The van der Waals surface area contributed by atoms with Gasteiger partial charge < -0.3 is 9.15 Å². The number of likely N-dealkylation sites (tertiary alicyclic amines) is 1. The molecule has 0 bridgehead atoms. The molecule has 0 aliphatic carbocycles. The van der Waals surface area contributed by atoms with Gasteiger partial charge in [-0.3, -0.25) is 9.69 Å². The number of hydrogen-bond donors (Lipinski definition) is 0. The van der Waals surface area contributed by atoms with Crippen LogP contribution >= 0.6 is 0 Å². The minimum atomic E-state index is -0.0509. The first-order chi connectivity index (χ1) is 11.3. The van der Waals surface area contributed by atoms with E-state index in [1.807, 2.05) is 12.1 Å². The minimum absolute atomic E-state index is 0.0509. The smallest absolute Gasteiger partial charge is 0.185 e. The van der Waals surface area contributed by atoms with Crippen molar-refractivity contribution in [1.29, 1.82) is 0 Å². The van der Waals surface area contributed by atoms with E-state index in [-0.39, 0.29) is 5.78 Å². The molecule has 1 aromatic carbocycles. The summed E-state index contributed by atoms with van der Waals surface area (Å²) in [5.74, 6) is 1.42. The van der Waals surface area contributed by atoms with Crippen molar-refractivity contribution in [2.45, 2.75) is 12.8 Å². The number of furan rings is 1. The van der Waals surface area contributed by atoms with Gasteiger partial charge in [-0.1, -0.05) is 0 Å². The summed E-state index contributed by atoms with van der Waals surface area (Å²) in [6.07, 6.45) is 7.36. The van der Waals surface area contributed by atoms with Crippen LogP contribution in [0.4, 0.5) is 0 Å². The molecule has 4 heteroatoms. The molecule has 4 nitrogen and oxygen atoms in total. The van der Waals surface area contributed by atoms with Crippen molar-refractivity contribution in [1.82, 2.24) is 4.90 Å². The van der Waals surface area contributed by atoms with Gasteiger partial charge >= 0.3 is 0 Å². The Morgan fingerprint density at radius 3 is 2.65 bits per heavy atom. The third-order valence-corrected chi connectivity index (χ3v) is 3.96. The fraction of sp³-hybridized carbons (Fsp3) is 0.316. The van der Waals surface area contributed by atoms with Gasteiger partial charge in [0.1, 0.15) is 18.1 Å². The lowest BCUT2D eigenvalue weighted by atomic mass is 10.1. The Hall–Kier alpha value is -2.33. The van der Waals surface area contributed by atoms with Crippen molar-refractivity contribution in [3.63, 3.8) is 0 Å². The van der Waals surface area contributed by atoms with Gasteiger partial charge in [0.15, 0.2) is 5.78 Å². The van der Waals surface area contributed by atoms with E-state index < -0.39 is 0 Å². The Balaban J connectivity index is 1.49. The summed E-state index contributed by atoms with van der Waals surface area (Å²) in [5, 5.41) is 0. The summed E-state index contributed by atoms with van der Waals surface area (Å²) < 4.78 is 10.9. The molecule has 1 aliphatic heterocycles. The summed E-state index contributed by atoms with van der Waals surface area (Å²) in [6.45, 7) is 4.01. The first-order valence-corrected chi connectivity index (χ1v) is 8.02. The molecular formula is C19H21NO3. The van der Waals surface area contributed by atoms with Crippen LogP contribution in [0.3, 0.4) is 0 Å². The molecule has 23 heavy (non-hydrogen) atoms. The summed E-state index contributed by atoms with van der Waals surface area (Å²) >= 11 is 0. The quantitative estimate of drug-likeness (QED) is 0.578. The largest absolute Gasteiger partial charge is 0.492 e. The molecule has 1 aliphatic rings. The highest BCUT2D eigenvalue weighted by atomic mass is 16.5. The second-order valence-electron chi connectivity index (χ2n) is 5.63. The number of hydrogen-bond acceptors (Lipinski definition) is 4. The number of carbonyl (C=O) groups is 1. The van der Waals surface area contributed by atoms with Gasteiger partial charge in [0, 0.05) is 12.1 Å². The van der Waals surface area contributed by atoms with Crippen LogP contribution in [-0.4, -0.2) is 36.9 Å². The minimum Gasteiger partial charge on any atom is -0.492 e. The van der Waals surface area contributed by atoms with E-state index in [2.05, 4.69) is 4.90 Å². The lowest BCUT2D eigenvalue weighted by Crippen LogP contribution is -2.25. The molecule has 120 valence electrons. The van der Waals surface area contributed by atoms with Crippen LogP contribution in [0, 0.1) is 0 Å². The van der Waals surface area contributed by atoms with Gasteiger partial charge in [0.2, 0.25) is 0 Å². The highest BCUT2D eigenvalue weighted by molar-refractivity contribution is 6.06. The Bertz CT molecular complexity index is 638. The maximum absolute atomic E-state index is 12.1. The van der Waals surface area contributed by atoms with E-state index >= 15 is 0 Å². The third kappa shape index (κ3) is 4.57. The van der Waals surface area contributed by atoms with Crippen molar-refractivity contribution in [2.24, 2.45) is 0 Å². The molecule has 0 spiro atoms. The predicted molar refractivity (Wildman–Crippen MR) is 89.7 cm³/mol. The normalized spacial score (nSPS) is 15.3. The molecule has 0 amide bonds. The number of allylic oxidation sites excluding steroid dienone is 1. The Kier molecular flexibility index (Phi) is 5.27. The number of rotatable bonds is 7. The second kappa shape index (κ2) is 7.79.